The lowest BCUT2D eigenvalue weighted by Crippen LogP contribution is -2.36. The maximum absolute atomic E-state index is 13.2. The van der Waals surface area contributed by atoms with E-state index < -0.39 is 0 Å². The molecule has 0 spiro atoms. The van der Waals surface area contributed by atoms with E-state index in [1.54, 1.807) is 19.2 Å². The summed E-state index contributed by atoms with van der Waals surface area (Å²) in [5.74, 6) is 5.13. The highest BCUT2D eigenvalue weighted by molar-refractivity contribution is 5.93. The Morgan fingerprint density at radius 2 is 2.21 bits per heavy atom. The van der Waals surface area contributed by atoms with Gasteiger partial charge in [0.05, 0.1) is 5.69 Å². The van der Waals surface area contributed by atoms with Gasteiger partial charge in [0.25, 0.3) is 0 Å². The van der Waals surface area contributed by atoms with Crippen molar-refractivity contribution in [2.24, 2.45) is 10.8 Å². The van der Waals surface area contributed by atoms with E-state index in [0.717, 1.165) is 5.56 Å². The number of hydrogen-bond acceptors (Lipinski definition) is 2. The summed E-state index contributed by atoms with van der Waals surface area (Å²) in [6.07, 6.45) is 0. The number of anilines is 1. The maximum Gasteiger partial charge on any atom is 0.210 e. The Bertz CT molecular complexity index is 349. The first-order valence-corrected chi connectivity index (χ1v) is 4.14. The van der Waals surface area contributed by atoms with Crippen LogP contribution < -0.4 is 16.6 Å². The Morgan fingerprint density at radius 3 is 2.79 bits per heavy atom. The number of hydrogen-bond donors (Lipinski definition) is 3. The summed E-state index contributed by atoms with van der Waals surface area (Å²) in [6, 6.07) is 4.76. The van der Waals surface area contributed by atoms with Crippen LogP contribution in [0.3, 0.4) is 0 Å². The minimum atomic E-state index is -0.341. The van der Waals surface area contributed by atoms with Crippen molar-refractivity contribution >= 4 is 11.6 Å². The lowest BCUT2D eigenvalue weighted by molar-refractivity contribution is 0.631. The van der Waals surface area contributed by atoms with Gasteiger partial charge in [-0.2, -0.15) is 0 Å². The van der Waals surface area contributed by atoms with Crippen molar-refractivity contribution < 1.29 is 4.39 Å². The van der Waals surface area contributed by atoms with Crippen LogP contribution in [0.2, 0.25) is 0 Å². The summed E-state index contributed by atoms with van der Waals surface area (Å²) >= 11 is 0. The van der Waals surface area contributed by atoms with Crippen molar-refractivity contribution in [2.45, 2.75) is 6.92 Å². The molecule has 1 rings (SSSR count). The van der Waals surface area contributed by atoms with Crippen LogP contribution in [0.4, 0.5) is 10.1 Å². The standard InChI is InChI=1S/C9H13FN4/c1-6-3-4-7(10)8(5-6)13-9(12-2)14-11/h3-5H,11H2,1-2H3,(H2,12,13,14). The maximum atomic E-state index is 13.2. The third-order valence-corrected chi connectivity index (χ3v) is 1.74. The quantitative estimate of drug-likeness (QED) is 0.272. The first-order chi connectivity index (χ1) is 6.67. The molecular formula is C9H13FN4. The van der Waals surface area contributed by atoms with Crippen LogP contribution in [0.5, 0.6) is 0 Å². The van der Waals surface area contributed by atoms with Crippen LogP contribution in [0.25, 0.3) is 0 Å². The molecule has 1 aromatic carbocycles. The molecule has 0 aliphatic rings. The molecule has 5 heteroatoms. The molecule has 0 bridgehead atoms. The number of hydrazine groups is 1. The molecule has 76 valence electrons. The smallest absolute Gasteiger partial charge is 0.210 e. The summed E-state index contributed by atoms with van der Waals surface area (Å²) in [7, 11) is 1.55. The third kappa shape index (κ3) is 2.43. The van der Waals surface area contributed by atoms with Crippen molar-refractivity contribution in [1.82, 2.24) is 5.43 Å². The summed E-state index contributed by atoms with van der Waals surface area (Å²) in [5, 5.41) is 2.73. The fraction of sp³-hybridized carbons (Fsp3) is 0.222. The van der Waals surface area contributed by atoms with Gasteiger partial charge in [0.15, 0.2) is 0 Å². The number of nitrogens with zero attached hydrogens (tertiary/aromatic N) is 1. The molecule has 0 radical (unpaired) electrons. The molecule has 4 N–H and O–H groups in total. The minimum Gasteiger partial charge on any atom is -0.323 e. The topological polar surface area (TPSA) is 62.4 Å². The molecule has 0 atom stereocenters. The Balaban J connectivity index is 2.90. The third-order valence-electron chi connectivity index (χ3n) is 1.74. The van der Waals surface area contributed by atoms with Crippen molar-refractivity contribution in [3.05, 3.63) is 29.6 Å². The highest BCUT2D eigenvalue weighted by atomic mass is 19.1. The molecule has 4 nitrogen and oxygen atoms in total. The number of nitrogens with one attached hydrogen (secondary N) is 2. The molecule has 0 aromatic heterocycles. The molecule has 0 aliphatic carbocycles. The second kappa shape index (κ2) is 4.57. The number of rotatable bonds is 1. The zero-order valence-corrected chi connectivity index (χ0v) is 8.13. The Labute approximate surface area is 82.0 Å². The van der Waals surface area contributed by atoms with E-state index in [-0.39, 0.29) is 5.82 Å². The lowest BCUT2D eigenvalue weighted by atomic mass is 10.2. The monoisotopic (exact) mass is 196 g/mol. The number of benzene rings is 1. The molecule has 0 aliphatic heterocycles. The van der Waals surface area contributed by atoms with Crippen LogP contribution in [-0.2, 0) is 0 Å². The van der Waals surface area contributed by atoms with Crippen LogP contribution in [0.1, 0.15) is 5.56 Å². The number of guanidine groups is 1. The van der Waals surface area contributed by atoms with Crippen molar-refractivity contribution in [3.63, 3.8) is 0 Å². The second-order valence-corrected chi connectivity index (χ2v) is 2.82. The van der Waals surface area contributed by atoms with E-state index in [9.17, 15) is 4.39 Å². The fourth-order valence-corrected chi connectivity index (χ4v) is 1.02. The van der Waals surface area contributed by atoms with Gasteiger partial charge >= 0.3 is 0 Å². The average molecular weight is 196 g/mol. The first kappa shape index (κ1) is 10.5. The minimum absolute atomic E-state index is 0.314. The highest BCUT2D eigenvalue weighted by Crippen LogP contribution is 2.14. The molecule has 0 saturated heterocycles. The first-order valence-electron chi connectivity index (χ1n) is 4.14. The molecule has 0 saturated carbocycles. The van der Waals surface area contributed by atoms with Crippen molar-refractivity contribution in [1.29, 1.82) is 0 Å². The largest absolute Gasteiger partial charge is 0.323 e. The summed E-state index contributed by atoms with van der Waals surface area (Å²) in [4.78, 5) is 3.78. The lowest BCUT2D eigenvalue weighted by Gasteiger charge is -2.09. The number of aryl methyl sites for hydroxylation is 1. The van der Waals surface area contributed by atoms with E-state index in [4.69, 9.17) is 5.84 Å². The van der Waals surface area contributed by atoms with Gasteiger partial charge in [0.1, 0.15) is 5.82 Å². The molecule has 1 aromatic rings. The van der Waals surface area contributed by atoms with Crippen LogP contribution in [0.15, 0.2) is 23.2 Å². The molecule has 0 unspecified atom stereocenters. The summed E-state index contributed by atoms with van der Waals surface area (Å²) < 4.78 is 13.2. The molecule has 0 heterocycles. The second-order valence-electron chi connectivity index (χ2n) is 2.82. The van der Waals surface area contributed by atoms with Gasteiger partial charge < -0.3 is 5.32 Å². The van der Waals surface area contributed by atoms with E-state index in [1.165, 1.54) is 6.07 Å². The zero-order valence-electron chi connectivity index (χ0n) is 8.13. The van der Waals surface area contributed by atoms with E-state index in [0.29, 0.717) is 11.6 Å². The van der Waals surface area contributed by atoms with Gasteiger partial charge in [-0.3, -0.25) is 10.4 Å². The Hall–Kier alpha value is -1.62. The van der Waals surface area contributed by atoms with Gasteiger partial charge in [-0.1, -0.05) is 6.07 Å². The molecular weight excluding hydrogens is 183 g/mol. The normalized spacial score (nSPS) is 11.3. The Morgan fingerprint density at radius 1 is 1.50 bits per heavy atom. The molecule has 0 amide bonds. The summed E-state index contributed by atoms with van der Waals surface area (Å²) in [5.41, 5.74) is 3.63. The predicted molar refractivity (Wildman–Crippen MR) is 55.4 cm³/mol. The number of nitrogens with two attached hydrogens (primary N) is 1. The van der Waals surface area contributed by atoms with E-state index in [1.807, 2.05) is 6.92 Å². The van der Waals surface area contributed by atoms with Crippen LogP contribution in [-0.4, -0.2) is 13.0 Å². The molecule has 14 heavy (non-hydrogen) atoms. The van der Waals surface area contributed by atoms with Gasteiger partial charge in [-0.25, -0.2) is 10.2 Å². The van der Waals surface area contributed by atoms with Gasteiger partial charge in [0.2, 0.25) is 5.96 Å². The van der Waals surface area contributed by atoms with Gasteiger partial charge in [0, 0.05) is 7.05 Å². The number of aliphatic imine (C=N–C) groups is 1. The molecule has 0 fully saturated rings. The Kier molecular flexibility index (Phi) is 3.41. The van der Waals surface area contributed by atoms with Crippen molar-refractivity contribution in [2.75, 3.05) is 12.4 Å². The van der Waals surface area contributed by atoms with Crippen LogP contribution >= 0.6 is 0 Å². The van der Waals surface area contributed by atoms with Gasteiger partial charge in [-0.05, 0) is 24.6 Å². The van der Waals surface area contributed by atoms with Gasteiger partial charge in [-0.15, -0.1) is 0 Å². The van der Waals surface area contributed by atoms with E-state index >= 15 is 0 Å². The average Bonchev–Trinajstić information content (AvgIpc) is 2.19. The zero-order chi connectivity index (χ0) is 10.6. The summed E-state index contributed by atoms with van der Waals surface area (Å²) in [6.45, 7) is 1.88. The van der Waals surface area contributed by atoms with Crippen molar-refractivity contribution in [3.8, 4) is 0 Å². The van der Waals surface area contributed by atoms with Crippen LogP contribution in [0, 0.1) is 12.7 Å². The highest BCUT2D eigenvalue weighted by Gasteiger charge is 2.03. The SMILES string of the molecule is CN=C(NN)Nc1cc(C)ccc1F. The predicted octanol–water partition coefficient (Wildman–Crippen LogP) is 0.995. The number of halogens is 1. The fourth-order valence-electron chi connectivity index (χ4n) is 1.02. The van der Waals surface area contributed by atoms with E-state index in [2.05, 4.69) is 15.7 Å².